The van der Waals surface area contributed by atoms with Crippen molar-refractivity contribution < 1.29 is 30.4 Å². The molecule has 77 heavy (non-hydrogen) atoms. The standard InChI is InChI=1S/C70H60GeN4O.Pt/c1-69(2,3)52-38-39-72-67(44-52)75-63-33-19-18-32-59(63)60-36-35-58(46-65(60)75)76-57-31-21-30-56(45-57)73-47-74(64-37-34-51(41-66(64)73)50-26-20-29-55(40-50)71(7,8)54-27-16-11-17-28-54)68-61(48-22-12-9-13-23-48)42-53(70(4,5)6)43-62(68)49-24-14-10-15-25-49;/h9-44H,1-8H3;/q-2;. The maximum absolute atomic E-state index is 6.82. The molecule has 0 saturated heterocycles. The van der Waals surface area contributed by atoms with Gasteiger partial charge in [0.1, 0.15) is 5.82 Å². The molecule has 382 valence electrons. The number of ether oxygens (including phenoxy) is 1. The van der Waals surface area contributed by atoms with Crippen molar-refractivity contribution in [3.8, 4) is 62.1 Å². The molecule has 0 N–H and O–H groups in total. The van der Waals surface area contributed by atoms with Gasteiger partial charge >= 0.3 is 260 Å². The summed E-state index contributed by atoms with van der Waals surface area (Å²) in [5.74, 6) is 6.97. The first-order chi connectivity index (χ1) is 36.7. The van der Waals surface area contributed by atoms with Gasteiger partial charge in [0.25, 0.3) is 0 Å². The third-order valence-corrected chi connectivity index (χ3v) is 22.5. The second kappa shape index (κ2) is 20.4. The number of pyridine rings is 1. The zero-order valence-electron chi connectivity index (χ0n) is 44.8. The summed E-state index contributed by atoms with van der Waals surface area (Å²) in [5, 5.41) is 2.21. The molecule has 0 bridgehead atoms. The van der Waals surface area contributed by atoms with Gasteiger partial charge in [-0.15, -0.1) is 17.5 Å². The van der Waals surface area contributed by atoms with Crippen LogP contribution < -0.4 is 18.1 Å². The van der Waals surface area contributed by atoms with Gasteiger partial charge in [-0.25, -0.2) is 4.98 Å². The fraction of sp³-hybridized carbons (Fsp3) is 0.143. The molecule has 0 unspecified atom stereocenters. The fourth-order valence-corrected chi connectivity index (χ4v) is 15.7. The SMILES string of the molecule is CC(C)(C)c1ccnc(-n2c3[c-]c(Oc4[c-]c(-n5[c-][n+](-c6c(-c7ccccc7)cc(C(C)(C)C)cc6-c6ccccc6)c6ccc(-c7ccc[c]([Ge]([CH3])([CH3])[c]8ccccc8)c7)cc65)ccc4)ccc3c3ccccc32)c1.[Pt]. The van der Waals surface area contributed by atoms with Crippen LogP contribution in [0.4, 0.5) is 0 Å². The van der Waals surface area contributed by atoms with E-state index in [9.17, 15) is 0 Å². The second-order valence-corrected chi connectivity index (χ2v) is 31.8. The van der Waals surface area contributed by atoms with Gasteiger partial charge in [0.05, 0.1) is 0 Å². The molecule has 3 aromatic heterocycles. The zero-order chi connectivity index (χ0) is 52.3. The Morgan fingerprint density at radius 1 is 0.494 bits per heavy atom. The van der Waals surface area contributed by atoms with Crippen molar-refractivity contribution >= 4 is 54.9 Å². The summed E-state index contributed by atoms with van der Waals surface area (Å²) in [5.41, 5.74) is 14.9. The van der Waals surface area contributed by atoms with E-state index in [4.69, 9.17) is 9.72 Å². The van der Waals surface area contributed by atoms with Gasteiger partial charge in [-0.1, -0.05) is 102 Å². The Bertz CT molecular complexity index is 4070. The van der Waals surface area contributed by atoms with Crippen LogP contribution in [-0.2, 0) is 31.9 Å². The van der Waals surface area contributed by atoms with Gasteiger partial charge in [0.15, 0.2) is 0 Å². The number of benzene rings is 9. The first kappa shape index (κ1) is 51.5. The number of rotatable bonds is 10. The minimum atomic E-state index is -2.64. The molecule has 3 heterocycles. The third kappa shape index (κ3) is 9.81. The van der Waals surface area contributed by atoms with Gasteiger partial charge < -0.3 is 4.57 Å². The number of fused-ring (bicyclic) bond motifs is 4. The van der Waals surface area contributed by atoms with E-state index in [-0.39, 0.29) is 31.9 Å². The average Bonchev–Trinajstić information content (AvgIpc) is 4.04. The molecule has 0 spiro atoms. The summed E-state index contributed by atoms with van der Waals surface area (Å²) in [6.07, 6.45) is 5.85. The topological polar surface area (TPSA) is 35.9 Å². The van der Waals surface area contributed by atoms with Crippen LogP contribution in [0.2, 0.25) is 11.5 Å². The summed E-state index contributed by atoms with van der Waals surface area (Å²) in [6.45, 7) is 13.6. The molecule has 0 aliphatic carbocycles. The molecule has 12 rings (SSSR count). The molecular formula is C70H60GeN4OPt-2. The van der Waals surface area contributed by atoms with Crippen molar-refractivity contribution in [3.05, 3.63) is 248 Å². The number of nitrogens with zero attached hydrogens (tertiary/aromatic N) is 4. The molecule has 5 nitrogen and oxygen atoms in total. The largest absolute Gasteiger partial charge is 0.159 e. The van der Waals surface area contributed by atoms with Crippen molar-refractivity contribution in [2.24, 2.45) is 0 Å². The maximum Gasteiger partial charge on any atom is 0.0409 e. The molecule has 0 amide bonds. The smallest absolute Gasteiger partial charge is 0.0409 e. The Labute approximate surface area is 470 Å². The molecule has 0 radical (unpaired) electrons. The van der Waals surface area contributed by atoms with Crippen molar-refractivity contribution in [3.63, 3.8) is 0 Å². The molecule has 7 heteroatoms. The van der Waals surface area contributed by atoms with E-state index in [0.29, 0.717) is 11.5 Å². The number of hydrogen-bond donors (Lipinski definition) is 0. The monoisotopic (exact) mass is 1240 g/mol. The van der Waals surface area contributed by atoms with E-state index in [1.165, 1.54) is 25.5 Å². The summed E-state index contributed by atoms with van der Waals surface area (Å²) in [7, 11) is 0. The number of imidazole rings is 1. The first-order valence-electron chi connectivity index (χ1n) is 26.3. The van der Waals surface area contributed by atoms with E-state index in [0.717, 1.165) is 77.8 Å². The van der Waals surface area contributed by atoms with Crippen LogP contribution in [0.15, 0.2) is 219 Å². The van der Waals surface area contributed by atoms with E-state index in [1.54, 1.807) is 0 Å². The van der Waals surface area contributed by atoms with Crippen LogP contribution >= 0.6 is 0 Å². The van der Waals surface area contributed by atoms with Crippen LogP contribution in [-0.4, -0.2) is 27.4 Å². The molecule has 0 aliphatic rings. The minimum Gasteiger partial charge on any atom is -0.159 e. The fourth-order valence-electron chi connectivity index (χ4n) is 10.6. The maximum atomic E-state index is 6.82. The molecule has 0 aliphatic heterocycles. The van der Waals surface area contributed by atoms with Crippen LogP contribution in [0.25, 0.3) is 83.4 Å². The predicted molar refractivity (Wildman–Crippen MR) is 317 cm³/mol. The summed E-state index contributed by atoms with van der Waals surface area (Å²) in [4.78, 5) is 4.91. The van der Waals surface area contributed by atoms with E-state index < -0.39 is 13.3 Å². The van der Waals surface area contributed by atoms with Gasteiger partial charge in [0.2, 0.25) is 0 Å². The Morgan fingerprint density at radius 3 is 1.78 bits per heavy atom. The summed E-state index contributed by atoms with van der Waals surface area (Å²) >= 11 is -2.64. The normalized spacial score (nSPS) is 12.1. The van der Waals surface area contributed by atoms with E-state index >= 15 is 0 Å². The molecule has 9 aromatic carbocycles. The molecular weight excluding hydrogens is 1180 g/mol. The van der Waals surface area contributed by atoms with E-state index in [2.05, 4.69) is 279 Å². The van der Waals surface area contributed by atoms with Gasteiger partial charge in [0, 0.05) is 32.8 Å². The average molecular weight is 1240 g/mol. The van der Waals surface area contributed by atoms with E-state index in [1.807, 2.05) is 24.4 Å². The molecule has 0 fully saturated rings. The Morgan fingerprint density at radius 2 is 1.09 bits per heavy atom. The van der Waals surface area contributed by atoms with Crippen molar-refractivity contribution in [1.29, 1.82) is 0 Å². The van der Waals surface area contributed by atoms with Crippen molar-refractivity contribution in [2.45, 2.75) is 63.9 Å². The summed E-state index contributed by atoms with van der Waals surface area (Å²) in [6, 6.07) is 83.8. The quantitative estimate of drug-likeness (QED) is 0.0777. The predicted octanol–water partition coefficient (Wildman–Crippen LogP) is 16.0. The molecule has 0 atom stereocenters. The number of hydrogen-bond acceptors (Lipinski definition) is 2. The van der Waals surface area contributed by atoms with Gasteiger partial charge in [-0.2, -0.15) is 6.07 Å². The Balaban J connectivity index is 0.00000631. The second-order valence-electron chi connectivity index (χ2n) is 22.5. The van der Waals surface area contributed by atoms with Crippen LogP contribution in [0.5, 0.6) is 11.5 Å². The Kier molecular flexibility index (Phi) is 13.7. The van der Waals surface area contributed by atoms with Crippen molar-refractivity contribution in [2.75, 3.05) is 0 Å². The van der Waals surface area contributed by atoms with Crippen LogP contribution in [0.1, 0.15) is 52.7 Å². The molecule has 12 aromatic rings. The zero-order valence-corrected chi connectivity index (χ0v) is 49.2. The number of aromatic nitrogens is 4. The first-order valence-corrected chi connectivity index (χ1v) is 32.6. The van der Waals surface area contributed by atoms with Crippen molar-refractivity contribution in [1.82, 2.24) is 14.1 Å². The Hall–Kier alpha value is -7.57. The summed E-state index contributed by atoms with van der Waals surface area (Å²) < 4.78 is 16.3. The van der Waals surface area contributed by atoms with Crippen LogP contribution in [0, 0.1) is 18.5 Å². The minimum absolute atomic E-state index is 0. The number of para-hydroxylation sites is 1. The van der Waals surface area contributed by atoms with Gasteiger partial charge in [-0.05, 0) is 40.0 Å². The van der Waals surface area contributed by atoms with Gasteiger partial charge in [-0.3, -0.25) is 0 Å². The van der Waals surface area contributed by atoms with Crippen LogP contribution in [0.3, 0.4) is 0 Å². The molecule has 0 saturated carbocycles. The third-order valence-electron chi connectivity index (χ3n) is 15.1.